The molecule has 2 atom stereocenters. The molecule has 1 N–H and O–H groups in total. The minimum Gasteiger partial charge on any atom is -0.391 e. The Labute approximate surface area is 140 Å². The van der Waals surface area contributed by atoms with Gasteiger partial charge in [-0.25, -0.2) is 9.37 Å². The molecule has 0 bridgehead atoms. The third kappa shape index (κ3) is 3.23. The number of nitrogens with zero attached hydrogens (tertiary/aromatic N) is 3. The summed E-state index contributed by atoms with van der Waals surface area (Å²) in [7, 11) is 3.38. The number of amides is 1. The lowest BCUT2D eigenvalue weighted by molar-refractivity contribution is 0.0827. The first-order valence-electron chi connectivity index (χ1n) is 7.83. The van der Waals surface area contributed by atoms with E-state index in [9.17, 15) is 14.3 Å². The number of hydrogen-bond donors (Lipinski definition) is 1. The lowest BCUT2D eigenvalue weighted by atomic mass is 10.0. The molecule has 1 aliphatic rings. The number of rotatable bonds is 3. The summed E-state index contributed by atoms with van der Waals surface area (Å²) in [6.45, 7) is 0.426. The molecule has 1 aromatic carbocycles. The molecule has 1 fully saturated rings. The molecule has 6 heteroatoms. The van der Waals surface area contributed by atoms with Gasteiger partial charge in [0, 0.05) is 26.8 Å². The molecule has 0 unspecified atom stereocenters. The van der Waals surface area contributed by atoms with Gasteiger partial charge in [-0.15, -0.1) is 0 Å². The molecule has 5 nitrogen and oxygen atoms in total. The third-order valence-corrected chi connectivity index (χ3v) is 4.21. The van der Waals surface area contributed by atoms with E-state index >= 15 is 0 Å². The molecule has 0 radical (unpaired) electrons. The molecule has 24 heavy (non-hydrogen) atoms. The molecular weight excluding hydrogens is 309 g/mol. The lowest BCUT2D eigenvalue weighted by Crippen LogP contribution is -2.26. The Morgan fingerprint density at radius 2 is 2.12 bits per heavy atom. The smallest absolute Gasteiger partial charge is 0.254 e. The molecule has 3 rings (SSSR count). The van der Waals surface area contributed by atoms with Crippen LogP contribution >= 0.6 is 0 Å². The number of aliphatic hydroxyl groups is 1. The fourth-order valence-corrected chi connectivity index (χ4v) is 3.04. The van der Waals surface area contributed by atoms with Gasteiger partial charge in [0.2, 0.25) is 0 Å². The summed E-state index contributed by atoms with van der Waals surface area (Å²) in [6, 6.07) is 9.75. The maximum absolute atomic E-state index is 13.5. The Hall–Kier alpha value is -2.47. The summed E-state index contributed by atoms with van der Waals surface area (Å²) in [6.07, 6.45) is 1.55. The van der Waals surface area contributed by atoms with Crippen molar-refractivity contribution >= 4 is 11.7 Å². The van der Waals surface area contributed by atoms with E-state index in [0.29, 0.717) is 24.3 Å². The number of benzene rings is 1. The third-order valence-electron chi connectivity index (χ3n) is 4.21. The number of aromatic nitrogens is 1. The number of aliphatic hydroxyl groups excluding tert-OH is 1. The normalized spacial score (nSPS) is 20.2. The molecule has 126 valence electrons. The van der Waals surface area contributed by atoms with E-state index in [2.05, 4.69) is 4.98 Å². The van der Waals surface area contributed by atoms with Crippen molar-refractivity contribution in [3.05, 3.63) is 59.5 Å². The molecule has 0 spiro atoms. The fourth-order valence-electron chi connectivity index (χ4n) is 3.04. The van der Waals surface area contributed by atoms with Gasteiger partial charge in [0.25, 0.3) is 5.91 Å². The molecule has 0 saturated carbocycles. The number of pyridine rings is 1. The molecule has 0 aliphatic carbocycles. The van der Waals surface area contributed by atoms with Crippen LogP contribution in [-0.4, -0.2) is 47.6 Å². The number of hydrogen-bond acceptors (Lipinski definition) is 4. The van der Waals surface area contributed by atoms with Crippen molar-refractivity contribution in [3.63, 3.8) is 0 Å². The van der Waals surface area contributed by atoms with Gasteiger partial charge in [0.05, 0.1) is 17.7 Å². The van der Waals surface area contributed by atoms with E-state index in [1.165, 1.54) is 23.2 Å². The minimum absolute atomic E-state index is 0.114. The van der Waals surface area contributed by atoms with E-state index in [0.717, 1.165) is 5.56 Å². The standard InChI is InChI=1S/C18H20FN3O2/c1-21(2)18(24)13-6-7-17(20-10-13)22-11-15(23)9-16(22)12-4-3-5-14(19)8-12/h3-8,10,15-16,23H,9,11H2,1-2H3/t15-,16-/m1/s1. The molecule has 1 aromatic heterocycles. The highest BCUT2D eigenvalue weighted by Crippen LogP contribution is 2.35. The summed E-state index contributed by atoms with van der Waals surface area (Å²) in [5, 5.41) is 10.1. The van der Waals surface area contributed by atoms with Crippen LogP contribution in [0.1, 0.15) is 28.4 Å². The van der Waals surface area contributed by atoms with Gasteiger partial charge in [-0.2, -0.15) is 0 Å². The molecule has 2 heterocycles. The summed E-state index contributed by atoms with van der Waals surface area (Å²) < 4.78 is 13.5. The van der Waals surface area contributed by atoms with Crippen molar-refractivity contribution in [2.24, 2.45) is 0 Å². The monoisotopic (exact) mass is 329 g/mol. The fraction of sp³-hybridized carbons (Fsp3) is 0.333. The van der Waals surface area contributed by atoms with Crippen molar-refractivity contribution in [3.8, 4) is 0 Å². The minimum atomic E-state index is -0.497. The first kappa shape index (κ1) is 16.4. The highest BCUT2D eigenvalue weighted by atomic mass is 19.1. The van der Waals surface area contributed by atoms with Crippen LogP contribution in [0.5, 0.6) is 0 Å². The van der Waals surface area contributed by atoms with Crippen molar-refractivity contribution < 1.29 is 14.3 Å². The second-order valence-corrected chi connectivity index (χ2v) is 6.22. The Balaban J connectivity index is 1.88. The number of anilines is 1. The average Bonchev–Trinajstić information content (AvgIpc) is 2.96. The van der Waals surface area contributed by atoms with E-state index in [1.807, 2.05) is 11.0 Å². The van der Waals surface area contributed by atoms with Gasteiger partial charge in [-0.3, -0.25) is 4.79 Å². The van der Waals surface area contributed by atoms with Crippen LogP contribution in [0.25, 0.3) is 0 Å². The van der Waals surface area contributed by atoms with Crippen LogP contribution < -0.4 is 4.90 Å². The zero-order chi connectivity index (χ0) is 17.3. The van der Waals surface area contributed by atoms with Crippen molar-refractivity contribution in [1.82, 2.24) is 9.88 Å². The van der Waals surface area contributed by atoms with Crippen molar-refractivity contribution in [2.75, 3.05) is 25.5 Å². The van der Waals surface area contributed by atoms with Gasteiger partial charge in [0.1, 0.15) is 11.6 Å². The Morgan fingerprint density at radius 3 is 2.75 bits per heavy atom. The maximum atomic E-state index is 13.5. The van der Waals surface area contributed by atoms with E-state index < -0.39 is 6.10 Å². The number of carbonyl (C=O) groups excluding carboxylic acids is 1. The first-order valence-corrected chi connectivity index (χ1v) is 7.83. The van der Waals surface area contributed by atoms with Crippen LogP contribution in [0.2, 0.25) is 0 Å². The Bertz CT molecular complexity index is 733. The highest BCUT2D eigenvalue weighted by Gasteiger charge is 2.33. The van der Waals surface area contributed by atoms with Gasteiger partial charge in [-0.1, -0.05) is 12.1 Å². The summed E-state index contributed by atoms with van der Waals surface area (Å²) >= 11 is 0. The van der Waals surface area contributed by atoms with Gasteiger partial charge < -0.3 is 14.9 Å². The summed E-state index contributed by atoms with van der Waals surface area (Å²) in [4.78, 5) is 19.8. The molecular formula is C18H20FN3O2. The van der Waals surface area contributed by atoms with E-state index in [-0.39, 0.29) is 17.8 Å². The average molecular weight is 329 g/mol. The van der Waals surface area contributed by atoms with Gasteiger partial charge in [-0.05, 0) is 36.2 Å². The van der Waals surface area contributed by atoms with Gasteiger partial charge >= 0.3 is 0 Å². The molecule has 2 aromatic rings. The maximum Gasteiger partial charge on any atom is 0.254 e. The number of halogens is 1. The van der Waals surface area contributed by atoms with Crippen LogP contribution in [0.15, 0.2) is 42.6 Å². The Morgan fingerprint density at radius 1 is 1.33 bits per heavy atom. The molecule has 1 aliphatic heterocycles. The predicted octanol–water partition coefficient (Wildman–Crippen LogP) is 2.23. The van der Waals surface area contributed by atoms with Crippen LogP contribution in [-0.2, 0) is 0 Å². The van der Waals surface area contributed by atoms with Gasteiger partial charge in [0.15, 0.2) is 0 Å². The summed E-state index contributed by atoms with van der Waals surface area (Å²) in [5.41, 5.74) is 1.31. The predicted molar refractivity (Wildman–Crippen MR) is 89.4 cm³/mol. The van der Waals surface area contributed by atoms with Crippen molar-refractivity contribution in [1.29, 1.82) is 0 Å². The zero-order valence-electron chi connectivity index (χ0n) is 13.7. The lowest BCUT2D eigenvalue weighted by Gasteiger charge is -2.26. The number of carbonyl (C=O) groups is 1. The van der Waals surface area contributed by atoms with Crippen LogP contribution in [0.4, 0.5) is 10.2 Å². The molecule has 1 amide bonds. The highest BCUT2D eigenvalue weighted by molar-refractivity contribution is 5.93. The second kappa shape index (κ2) is 6.57. The quantitative estimate of drug-likeness (QED) is 0.938. The van der Waals surface area contributed by atoms with Crippen LogP contribution in [0.3, 0.4) is 0 Å². The van der Waals surface area contributed by atoms with E-state index in [1.54, 1.807) is 32.3 Å². The first-order chi connectivity index (χ1) is 11.5. The van der Waals surface area contributed by atoms with E-state index in [4.69, 9.17) is 0 Å². The topological polar surface area (TPSA) is 56.7 Å². The SMILES string of the molecule is CN(C)C(=O)c1ccc(N2C[C@H](O)C[C@@H]2c2cccc(F)c2)nc1. The summed E-state index contributed by atoms with van der Waals surface area (Å²) in [5.74, 6) is 0.252. The van der Waals surface area contributed by atoms with Crippen LogP contribution in [0, 0.1) is 5.82 Å². The van der Waals surface area contributed by atoms with Crippen molar-refractivity contribution in [2.45, 2.75) is 18.6 Å². The Kier molecular flexibility index (Phi) is 4.49. The second-order valence-electron chi connectivity index (χ2n) is 6.22. The number of β-amino-alcohol motifs (C(OH)–C–C–N with tert-alkyl or cyclic N) is 1. The largest absolute Gasteiger partial charge is 0.391 e. The molecule has 1 saturated heterocycles. The zero-order valence-corrected chi connectivity index (χ0v) is 13.7.